The molecule has 1 fully saturated rings. The summed E-state index contributed by atoms with van der Waals surface area (Å²) in [6.07, 6.45) is 5.84. The molecule has 6 nitrogen and oxygen atoms in total. The summed E-state index contributed by atoms with van der Waals surface area (Å²) in [6, 6.07) is 9.30. The van der Waals surface area contributed by atoms with Crippen LogP contribution in [0.4, 0.5) is 5.69 Å². The average Bonchev–Trinajstić information content (AvgIpc) is 3.35. The van der Waals surface area contributed by atoms with Crippen LogP contribution in [0.3, 0.4) is 0 Å². The van der Waals surface area contributed by atoms with Gasteiger partial charge < -0.3 is 4.90 Å². The number of anilines is 1. The van der Waals surface area contributed by atoms with Gasteiger partial charge in [-0.3, -0.25) is 9.78 Å². The molecule has 0 N–H and O–H groups in total. The summed E-state index contributed by atoms with van der Waals surface area (Å²) < 4.78 is 1.68. The van der Waals surface area contributed by atoms with Crippen LogP contribution < -0.4 is 4.90 Å². The Bertz CT molecular complexity index is 854. The number of aromatic nitrogens is 4. The minimum absolute atomic E-state index is 0.00648. The van der Waals surface area contributed by atoms with Crippen LogP contribution in [0, 0.1) is 5.92 Å². The topological polar surface area (TPSA) is 63.9 Å². The number of hydrogen-bond donors (Lipinski definition) is 0. The van der Waals surface area contributed by atoms with Crippen LogP contribution >= 0.6 is 0 Å². The van der Waals surface area contributed by atoms with Gasteiger partial charge in [0, 0.05) is 25.4 Å². The molecule has 6 heteroatoms. The zero-order valence-corrected chi connectivity index (χ0v) is 12.9. The van der Waals surface area contributed by atoms with Crippen molar-refractivity contribution in [1.29, 1.82) is 0 Å². The van der Waals surface area contributed by atoms with E-state index in [1.54, 1.807) is 17.1 Å². The molecule has 0 saturated heterocycles. The molecule has 0 spiro atoms. The van der Waals surface area contributed by atoms with Gasteiger partial charge in [-0.15, -0.1) is 5.10 Å². The summed E-state index contributed by atoms with van der Waals surface area (Å²) >= 11 is 0. The Morgan fingerprint density at radius 2 is 2.22 bits per heavy atom. The Hall–Kier alpha value is -2.76. The molecule has 1 saturated carbocycles. The van der Waals surface area contributed by atoms with Crippen molar-refractivity contribution in [2.24, 2.45) is 13.0 Å². The number of rotatable bonds is 4. The largest absolute Gasteiger partial charge is 0.307 e. The number of carbonyl (C=O) groups excluding carboxylic acids is 1. The van der Waals surface area contributed by atoms with Crippen molar-refractivity contribution >= 4 is 22.6 Å². The molecule has 1 aromatic carbocycles. The summed E-state index contributed by atoms with van der Waals surface area (Å²) in [6.45, 7) is 0.742. The van der Waals surface area contributed by atoms with E-state index >= 15 is 0 Å². The van der Waals surface area contributed by atoms with Crippen molar-refractivity contribution in [2.45, 2.75) is 12.8 Å². The lowest BCUT2D eigenvalue weighted by molar-refractivity contribution is 0.0985. The van der Waals surface area contributed by atoms with E-state index in [1.165, 1.54) is 12.8 Å². The second kappa shape index (κ2) is 5.46. The lowest BCUT2D eigenvalue weighted by Gasteiger charge is -2.22. The molecule has 2 aromatic heterocycles. The monoisotopic (exact) mass is 307 g/mol. The van der Waals surface area contributed by atoms with E-state index in [0.717, 1.165) is 23.3 Å². The van der Waals surface area contributed by atoms with Gasteiger partial charge in [-0.05, 0) is 49.1 Å². The van der Waals surface area contributed by atoms with E-state index in [0.29, 0.717) is 11.5 Å². The Morgan fingerprint density at radius 1 is 1.35 bits per heavy atom. The number of hydrogen-bond acceptors (Lipinski definition) is 4. The van der Waals surface area contributed by atoms with Crippen molar-refractivity contribution < 1.29 is 4.79 Å². The first-order chi connectivity index (χ1) is 11.2. The zero-order valence-electron chi connectivity index (χ0n) is 12.9. The third-order valence-corrected chi connectivity index (χ3v) is 4.20. The fraction of sp³-hybridized carbons (Fsp3) is 0.294. The molecule has 0 aliphatic heterocycles. The Labute approximate surface area is 133 Å². The van der Waals surface area contributed by atoms with Crippen molar-refractivity contribution in [2.75, 3.05) is 11.4 Å². The maximum atomic E-state index is 13.0. The third-order valence-electron chi connectivity index (χ3n) is 4.20. The standard InChI is InChI=1S/C17H17N5O/c1-21-16-9-13(6-7-15(16)19-20-21)17(23)22(11-12-4-5-12)14-3-2-8-18-10-14/h2-3,6-10,12H,4-5,11H2,1H3. The molecule has 4 rings (SSSR count). The van der Waals surface area contributed by atoms with Gasteiger partial charge in [0.1, 0.15) is 5.52 Å². The first-order valence-corrected chi connectivity index (χ1v) is 7.74. The fourth-order valence-corrected chi connectivity index (χ4v) is 2.70. The Morgan fingerprint density at radius 3 is 2.96 bits per heavy atom. The second-order valence-corrected chi connectivity index (χ2v) is 5.99. The van der Waals surface area contributed by atoms with Crippen LogP contribution in [0.15, 0.2) is 42.7 Å². The van der Waals surface area contributed by atoms with Crippen LogP contribution in [0.25, 0.3) is 11.0 Å². The van der Waals surface area contributed by atoms with Gasteiger partial charge in [-0.2, -0.15) is 0 Å². The van der Waals surface area contributed by atoms with E-state index in [9.17, 15) is 4.79 Å². The van der Waals surface area contributed by atoms with Crippen LogP contribution in [0.5, 0.6) is 0 Å². The van der Waals surface area contributed by atoms with Gasteiger partial charge >= 0.3 is 0 Å². The molecule has 23 heavy (non-hydrogen) atoms. The predicted octanol–water partition coefficient (Wildman–Crippen LogP) is 2.42. The van der Waals surface area contributed by atoms with Crippen LogP contribution in [0.2, 0.25) is 0 Å². The molecular formula is C17H17N5O. The van der Waals surface area contributed by atoms with E-state index in [4.69, 9.17) is 0 Å². The number of aryl methyl sites for hydroxylation is 1. The van der Waals surface area contributed by atoms with E-state index in [2.05, 4.69) is 15.3 Å². The van der Waals surface area contributed by atoms with Gasteiger partial charge in [0.15, 0.2) is 0 Å². The molecule has 1 amide bonds. The highest BCUT2D eigenvalue weighted by Crippen LogP contribution is 2.32. The predicted molar refractivity (Wildman–Crippen MR) is 87.1 cm³/mol. The van der Waals surface area contributed by atoms with Gasteiger partial charge in [0.05, 0.1) is 17.4 Å². The quantitative estimate of drug-likeness (QED) is 0.742. The highest BCUT2D eigenvalue weighted by atomic mass is 16.2. The Balaban J connectivity index is 1.71. The summed E-state index contributed by atoms with van der Waals surface area (Å²) in [7, 11) is 1.83. The molecule has 2 heterocycles. The van der Waals surface area contributed by atoms with Crippen molar-refractivity contribution in [3.63, 3.8) is 0 Å². The highest BCUT2D eigenvalue weighted by molar-refractivity contribution is 6.07. The smallest absolute Gasteiger partial charge is 0.258 e. The first-order valence-electron chi connectivity index (χ1n) is 7.74. The highest BCUT2D eigenvalue weighted by Gasteiger charge is 2.28. The molecule has 0 radical (unpaired) electrons. The third kappa shape index (κ3) is 2.67. The number of amides is 1. The molecule has 1 aliphatic carbocycles. The SMILES string of the molecule is Cn1nnc2ccc(C(=O)N(CC3CC3)c3cccnc3)cc21. The summed E-state index contributed by atoms with van der Waals surface area (Å²) in [5.41, 5.74) is 3.13. The minimum Gasteiger partial charge on any atom is -0.307 e. The number of carbonyl (C=O) groups is 1. The second-order valence-electron chi connectivity index (χ2n) is 5.99. The maximum Gasteiger partial charge on any atom is 0.258 e. The van der Waals surface area contributed by atoms with Crippen molar-refractivity contribution in [1.82, 2.24) is 20.0 Å². The first kappa shape index (κ1) is 13.9. The normalized spacial score (nSPS) is 14.1. The van der Waals surface area contributed by atoms with Crippen LogP contribution in [-0.4, -0.2) is 32.4 Å². The number of benzene rings is 1. The summed E-state index contributed by atoms with van der Waals surface area (Å²) in [5.74, 6) is 0.592. The summed E-state index contributed by atoms with van der Waals surface area (Å²) in [5, 5.41) is 8.05. The minimum atomic E-state index is -0.00648. The lowest BCUT2D eigenvalue weighted by atomic mass is 10.1. The lowest BCUT2D eigenvalue weighted by Crippen LogP contribution is -2.33. The Kier molecular flexibility index (Phi) is 3.29. The number of fused-ring (bicyclic) bond motifs is 1. The van der Waals surface area contributed by atoms with Gasteiger partial charge in [-0.25, -0.2) is 4.68 Å². The number of pyridine rings is 1. The molecule has 0 bridgehead atoms. The van der Waals surface area contributed by atoms with E-state index in [-0.39, 0.29) is 5.91 Å². The van der Waals surface area contributed by atoms with Crippen LogP contribution in [-0.2, 0) is 7.05 Å². The van der Waals surface area contributed by atoms with Crippen molar-refractivity contribution in [3.05, 3.63) is 48.3 Å². The van der Waals surface area contributed by atoms with Crippen LogP contribution in [0.1, 0.15) is 23.2 Å². The van der Waals surface area contributed by atoms with E-state index < -0.39 is 0 Å². The van der Waals surface area contributed by atoms with Gasteiger partial charge in [0.2, 0.25) is 0 Å². The average molecular weight is 307 g/mol. The van der Waals surface area contributed by atoms with E-state index in [1.807, 2.05) is 42.3 Å². The van der Waals surface area contributed by atoms with Gasteiger partial charge in [-0.1, -0.05) is 5.21 Å². The molecule has 3 aromatic rings. The maximum absolute atomic E-state index is 13.0. The zero-order chi connectivity index (χ0) is 15.8. The molecule has 0 atom stereocenters. The van der Waals surface area contributed by atoms with Crippen molar-refractivity contribution in [3.8, 4) is 0 Å². The molecule has 0 unspecified atom stereocenters. The number of nitrogens with zero attached hydrogens (tertiary/aromatic N) is 5. The molecule has 1 aliphatic rings. The molecule has 116 valence electrons. The molecular weight excluding hydrogens is 290 g/mol. The van der Waals surface area contributed by atoms with Gasteiger partial charge in [0.25, 0.3) is 5.91 Å². The fourth-order valence-electron chi connectivity index (χ4n) is 2.70. The summed E-state index contributed by atoms with van der Waals surface area (Å²) in [4.78, 5) is 19.0.